The van der Waals surface area contributed by atoms with Crippen molar-refractivity contribution in [3.63, 3.8) is 0 Å². The lowest BCUT2D eigenvalue weighted by Crippen LogP contribution is -2.36. The van der Waals surface area contributed by atoms with Gasteiger partial charge >= 0.3 is 0 Å². The first-order chi connectivity index (χ1) is 19.7. The van der Waals surface area contributed by atoms with Crippen molar-refractivity contribution in [3.05, 3.63) is 118 Å². The van der Waals surface area contributed by atoms with Crippen molar-refractivity contribution in [1.29, 1.82) is 0 Å². The van der Waals surface area contributed by atoms with Crippen molar-refractivity contribution < 1.29 is 4.74 Å². The van der Waals surface area contributed by atoms with Crippen LogP contribution in [-0.2, 0) is 13.0 Å². The average Bonchev–Trinajstić information content (AvgIpc) is 3.70. The molecule has 0 spiro atoms. The van der Waals surface area contributed by atoms with E-state index in [1.165, 1.54) is 11.1 Å². The summed E-state index contributed by atoms with van der Waals surface area (Å²) in [5.74, 6) is 1.45. The Bertz CT molecular complexity index is 1610. The van der Waals surface area contributed by atoms with Crippen LogP contribution in [0, 0.1) is 0 Å². The number of aromatic nitrogens is 5. The molecule has 8 nitrogen and oxygen atoms in total. The second kappa shape index (κ2) is 11.8. The van der Waals surface area contributed by atoms with Crippen molar-refractivity contribution in [1.82, 2.24) is 30.1 Å². The molecule has 40 heavy (non-hydrogen) atoms. The molecule has 3 aromatic carbocycles. The SMILES string of the molecule is COc1ccc2[nH]c(=O)c([C@@H](c3nnnn3C3CCCC3)N(CCc3ccccc3)Cc3ccccc3)cc2c1. The number of hydrogen-bond donors (Lipinski definition) is 1. The molecule has 1 atom stereocenters. The van der Waals surface area contributed by atoms with Crippen LogP contribution in [0.1, 0.15) is 60.3 Å². The molecular weight excluding hydrogens is 500 g/mol. The number of nitrogens with zero attached hydrogens (tertiary/aromatic N) is 5. The Labute approximate surface area is 233 Å². The highest BCUT2D eigenvalue weighted by atomic mass is 16.5. The number of H-pyrrole nitrogens is 1. The lowest BCUT2D eigenvalue weighted by molar-refractivity contribution is 0.201. The molecular formula is C32H34N6O2. The van der Waals surface area contributed by atoms with Gasteiger partial charge in [0.05, 0.1) is 13.2 Å². The molecule has 8 heteroatoms. The van der Waals surface area contributed by atoms with Crippen LogP contribution >= 0.6 is 0 Å². The molecule has 6 rings (SSSR count). The van der Waals surface area contributed by atoms with Crippen LogP contribution in [0.2, 0.25) is 0 Å². The molecule has 1 N–H and O–H groups in total. The van der Waals surface area contributed by atoms with Crippen molar-refractivity contribution in [2.24, 2.45) is 0 Å². The van der Waals surface area contributed by atoms with Gasteiger partial charge in [-0.3, -0.25) is 9.69 Å². The standard InChI is InChI=1S/C32H34N6O2/c1-40-27-16-17-29-25(20-27)21-28(32(39)33-29)30(31-34-35-36-38(31)26-14-8-9-15-26)37(22-24-12-6-3-7-13-24)19-18-23-10-4-2-5-11-23/h2-7,10-13,16-17,20-21,26,30H,8-9,14-15,18-19,22H2,1H3,(H,33,39)/t30-/m0/s1. The molecule has 0 aliphatic heterocycles. The fraction of sp³-hybridized carbons (Fsp3) is 0.312. The Balaban J connectivity index is 1.50. The molecule has 0 radical (unpaired) electrons. The molecule has 2 heterocycles. The monoisotopic (exact) mass is 534 g/mol. The maximum absolute atomic E-state index is 13.8. The van der Waals surface area contributed by atoms with Gasteiger partial charge in [-0.05, 0) is 65.1 Å². The maximum atomic E-state index is 13.8. The fourth-order valence-electron chi connectivity index (χ4n) is 5.85. The molecule has 5 aromatic rings. The molecule has 1 saturated carbocycles. The molecule has 2 aromatic heterocycles. The molecule has 0 amide bonds. The van der Waals surface area contributed by atoms with Gasteiger partial charge in [0.25, 0.3) is 5.56 Å². The third-order valence-electron chi connectivity index (χ3n) is 7.93. The number of pyridine rings is 1. The number of aromatic amines is 1. The highest BCUT2D eigenvalue weighted by Crippen LogP contribution is 2.35. The van der Waals surface area contributed by atoms with E-state index in [-0.39, 0.29) is 11.6 Å². The summed E-state index contributed by atoms with van der Waals surface area (Å²) in [7, 11) is 1.65. The Morgan fingerprint density at radius 1 is 0.975 bits per heavy atom. The Morgan fingerprint density at radius 2 is 1.70 bits per heavy atom. The molecule has 204 valence electrons. The number of tetrazole rings is 1. The Morgan fingerprint density at radius 3 is 2.42 bits per heavy atom. The normalized spacial score (nSPS) is 14.7. The predicted molar refractivity (Wildman–Crippen MR) is 155 cm³/mol. The maximum Gasteiger partial charge on any atom is 0.253 e. The van der Waals surface area contributed by atoms with Crippen molar-refractivity contribution >= 4 is 10.9 Å². The zero-order valence-corrected chi connectivity index (χ0v) is 22.7. The number of nitrogens with one attached hydrogen (secondary N) is 1. The van der Waals surface area contributed by atoms with Crippen LogP contribution < -0.4 is 10.3 Å². The zero-order chi connectivity index (χ0) is 27.3. The first-order valence-corrected chi connectivity index (χ1v) is 14.0. The van der Waals surface area contributed by atoms with Crippen molar-refractivity contribution in [2.45, 2.75) is 50.7 Å². The number of ether oxygens (including phenoxy) is 1. The number of methoxy groups -OCH3 is 1. The van der Waals surface area contributed by atoms with Gasteiger partial charge in [-0.15, -0.1) is 5.10 Å². The molecule has 0 unspecified atom stereocenters. The summed E-state index contributed by atoms with van der Waals surface area (Å²) < 4.78 is 7.47. The largest absolute Gasteiger partial charge is 0.497 e. The van der Waals surface area contributed by atoms with Crippen LogP contribution in [0.4, 0.5) is 0 Å². The first kappa shape index (κ1) is 26.0. The Hall–Kier alpha value is -4.30. The molecule has 1 fully saturated rings. The van der Waals surface area contributed by atoms with E-state index in [2.05, 4.69) is 73.9 Å². The van der Waals surface area contributed by atoms with E-state index in [0.717, 1.165) is 55.3 Å². The third kappa shape index (κ3) is 5.53. The predicted octanol–water partition coefficient (Wildman–Crippen LogP) is 5.47. The first-order valence-electron chi connectivity index (χ1n) is 14.0. The highest BCUT2D eigenvalue weighted by molar-refractivity contribution is 5.80. The van der Waals surface area contributed by atoms with Gasteiger partial charge in [0.1, 0.15) is 11.8 Å². The lowest BCUT2D eigenvalue weighted by atomic mass is 10.0. The van der Waals surface area contributed by atoms with Gasteiger partial charge in [0, 0.05) is 29.6 Å². The molecule has 0 saturated heterocycles. The summed E-state index contributed by atoms with van der Waals surface area (Å²) in [5.41, 5.74) is 3.66. The molecule has 0 bridgehead atoms. The van der Waals surface area contributed by atoms with Crippen LogP contribution in [-0.4, -0.2) is 43.7 Å². The van der Waals surface area contributed by atoms with Crippen LogP contribution in [0.15, 0.2) is 89.7 Å². The number of fused-ring (bicyclic) bond motifs is 1. The zero-order valence-electron chi connectivity index (χ0n) is 22.7. The minimum absolute atomic E-state index is 0.138. The van der Waals surface area contributed by atoms with Crippen LogP contribution in [0.5, 0.6) is 5.75 Å². The van der Waals surface area contributed by atoms with Gasteiger partial charge in [-0.25, -0.2) is 4.68 Å². The fourth-order valence-corrected chi connectivity index (χ4v) is 5.85. The summed E-state index contributed by atoms with van der Waals surface area (Å²) in [4.78, 5) is 19.3. The van der Waals surface area contributed by atoms with E-state index in [1.807, 2.05) is 41.1 Å². The summed E-state index contributed by atoms with van der Waals surface area (Å²) in [6, 6.07) is 28.3. The second-order valence-corrected chi connectivity index (χ2v) is 10.5. The number of rotatable bonds is 10. The highest BCUT2D eigenvalue weighted by Gasteiger charge is 2.33. The Kier molecular flexibility index (Phi) is 7.68. The summed E-state index contributed by atoms with van der Waals surface area (Å²) >= 11 is 0. The summed E-state index contributed by atoms with van der Waals surface area (Å²) in [6.45, 7) is 1.36. The second-order valence-electron chi connectivity index (χ2n) is 10.5. The number of hydrogen-bond acceptors (Lipinski definition) is 6. The van der Waals surface area contributed by atoms with E-state index >= 15 is 0 Å². The van der Waals surface area contributed by atoms with E-state index in [1.54, 1.807) is 7.11 Å². The quantitative estimate of drug-likeness (QED) is 0.256. The molecule has 1 aliphatic rings. The van der Waals surface area contributed by atoms with E-state index < -0.39 is 6.04 Å². The van der Waals surface area contributed by atoms with Crippen molar-refractivity contribution in [3.8, 4) is 5.75 Å². The minimum Gasteiger partial charge on any atom is -0.497 e. The third-order valence-corrected chi connectivity index (χ3v) is 7.93. The summed E-state index contributed by atoms with van der Waals surface area (Å²) in [5, 5.41) is 14.1. The lowest BCUT2D eigenvalue weighted by Gasteiger charge is -2.32. The van der Waals surface area contributed by atoms with Gasteiger partial charge in [0.2, 0.25) is 0 Å². The van der Waals surface area contributed by atoms with Gasteiger partial charge in [-0.2, -0.15) is 0 Å². The topological polar surface area (TPSA) is 88.9 Å². The summed E-state index contributed by atoms with van der Waals surface area (Å²) in [6.07, 6.45) is 5.23. The smallest absolute Gasteiger partial charge is 0.253 e. The van der Waals surface area contributed by atoms with Crippen LogP contribution in [0.25, 0.3) is 10.9 Å². The average molecular weight is 535 g/mol. The van der Waals surface area contributed by atoms with E-state index in [4.69, 9.17) is 4.74 Å². The number of benzene rings is 3. The van der Waals surface area contributed by atoms with Gasteiger partial charge in [0.15, 0.2) is 5.82 Å². The van der Waals surface area contributed by atoms with Crippen LogP contribution in [0.3, 0.4) is 0 Å². The molecule has 1 aliphatic carbocycles. The van der Waals surface area contributed by atoms with Gasteiger partial charge < -0.3 is 9.72 Å². The minimum atomic E-state index is -0.445. The van der Waals surface area contributed by atoms with Gasteiger partial charge in [-0.1, -0.05) is 73.5 Å². The van der Waals surface area contributed by atoms with E-state index in [9.17, 15) is 4.79 Å². The van der Waals surface area contributed by atoms with Crippen molar-refractivity contribution in [2.75, 3.05) is 13.7 Å². The van der Waals surface area contributed by atoms with E-state index in [0.29, 0.717) is 17.9 Å².